The summed E-state index contributed by atoms with van der Waals surface area (Å²) in [5, 5.41) is 7.87. The molecule has 1 spiro atoms. The second kappa shape index (κ2) is 10.1. The van der Waals surface area contributed by atoms with Crippen molar-refractivity contribution in [2.24, 2.45) is 5.92 Å². The van der Waals surface area contributed by atoms with Crippen LogP contribution in [0.3, 0.4) is 0 Å². The van der Waals surface area contributed by atoms with E-state index in [4.69, 9.17) is 17.0 Å². The molecule has 1 aromatic rings. The molecule has 3 rings (SSSR count). The summed E-state index contributed by atoms with van der Waals surface area (Å²) in [7, 11) is 1.71. The molecule has 2 aliphatic heterocycles. The first-order chi connectivity index (χ1) is 14.4. The molecule has 166 valence electrons. The summed E-state index contributed by atoms with van der Waals surface area (Å²) in [5.74, 6) is 0.568. The summed E-state index contributed by atoms with van der Waals surface area (Å²) in [6.45, 7) is 9.45. The van der Waals surface area contributed by atoms with Crippen LogP contribution in [-0.4, -0.2) is 65.9 Å². The first kappa shape index (κ1) is 23.0. The van der Waals surface area contributed by atoms with Crippen LogP contribution in [0.15, 0.2) is 24.3 Å². The summed E-state index contributed by atoms with van der Waals surface area (Å²) in [6.07, 6.45) is 3.58. The van der Waals surface area contributed by atoms with E-state index >= 15 is 0 Å². The van der Waals surface area contributed by atoms with Crippen molar-refractivity contribution in [2.75, 3.05) is 38.7 Å². The van der Waals surface area contributed by atoms with E-state index < -0.39 is 0 Å². The summed E-state index contributed by atoms with van der Waals surface area (Å²) in [4.78, 5) is 17.5. The monoisotopic (exact) mass is 432 g/mol. The number of amides is 1. The van der Waals surface area contributed by atoms with Crippen molar-refractivity contribution in [1.82, 2.24) is 15.1 Å². The van der Waals surface area contributed by atoms with Gasteiger partial charge in [-0.25, -0.2) is 0 Å². The SMILES string of the molecule is CC[C@@H](C)[C@H]1NC2(CCN(C(=S)Nc3cccc(C)c3)CC2)N(CCCOC)C1=O. The molecule has 2 heterocycles. The highest BCUT2D eigenvalue weighted by Gasteiger charge is 2.52. The van der Waals surface area contributed by atoms with E-state index in [0.29, 0.717) is 12.5 Å². The van der Waals surface area contributed by atoms with Gasteiger partial charge in [0, 0.05) is 51.9 Å². The first-order valence-corrected chi connectivity index (χ1v) is 11.5. The number of methoxy groups -OCH3 is 1. The van der Waals surface area contributed by atoms with E-state index in [2.05, 4.69) is 53.3 Å². The fraction of sp³-hybridized carbons (Fsp3) is 0.652. The first-order valence-electron chi connectivity index (χ1n) is 11.1. The molecule has 30 heavy (non-hydrogen) atoms. The van der Waals surface area contributed by atoms with Crippen molar-refractivity contribution in [3.63, 3.8) is 0 Å². The van der Waals surface area contributed by atoms with Crippen LogP contribution in [0.5, 0.6) is 0 Å². The minimum absolute atomic E-state index is 0.0959. The van der Waals surface area contributed by atoms with Gasteiger partial charge in [-0.3, -0.25) is 10.1 Å². The molecule has 2 N–H and O–H groups in total. The average molecular weight is 433 g/mol. The molecule has 0 radical (unpaired) electrons. The van der Waals surface area contributed by atoms with Crippen LogP contribution in [0.25, 0.3) is 0 Å². The Hall–Kier alpha value is -1.70. The molecular weight excluding hydrogens is 396 g/mol. The minimum Gasteiger partial charge on any atom is -0.385 e. The number of anilines is 1. The number of ether oxygens (including phenoxy) is 1. The lowest BCUT2D eigenvalue weighted by Gasteiger charge is -2.45. The zero-order valence-corrected chi connectivity index (χ0v) is 19.6. The topological polar surface area (TPSA) is 56.8 Å². The second-order valence-corrected chi connectivity index (χ2v) is 9.05. The molecule has 1 aromatic carbocycles. The largest absolute Gasteiger partial charge is 0.385 e. The number of piperidine rings is 1. The lowest BCUT2D eigenvalue weighted by Crippen LogP contribution is -2.60. The molecule has 0 aromatic heterocycles. The van der Waals surface area contributed by atoms with Crippen molar-refractivity contribution in [1.29, 1.82) is 0 Å². The lowest BCUT2D eigenvalue weighted by molar-refractivity contribution is -0.134. The Morgan fingerprint density at radius 2 is 2.13 bits per heavy atom. The third-order valence-corrected chi connectivity index (χ3v) is 6.92. The maximum Gasteiger partial charge on any atom is 0.241 e. The number of hydrogen-bond donors (Lipinski definition) is 2. The van der Waals surface area contributed by atoms with Crippen molar-refractivity contribution in [3.05, 3.63) is 29.8 Å². The van der Waals surface area contributed by atoms with Gasteiger partial charge in [0.2, 0.25) is 5.91 Å². The quantitative estimate of drug-likeness (QED) is 0.509. The molecule has 2 atom stereocenters. The number of aryl methyl sites for hydroxylation is 1. The zero-order valence-electron chi connectivity index (χ0n) is 18.7. The highest BCUT2D eigenvalue weighted by Crippen LogP contribution is 2.35. The lowest BCUT2D eigenvalue weighted by atomic mass is 9.95. The van der Waals surface area contributed by atoms with Crippen molar-refractivity contribution < 1.29 is 9.53 Å². The Morgan fingerprint density at radius 3 is 2.77 bits per heavy atom. The summed E-state index contributed by atoms with van der Waals surface area (Å²) < 4.78 is 5.23. The number of thiocarbonyl (C=S) groups is 1. The number of rotatable bonds is 7. The molecule has 7 heteroatoms. The van der Waals surface area contributed by atoms with E-state index in [1.165, 1.54) is 5.56 Å². The highest BCUT2D eigenvalue weighted by molar-refractivity contribution is 7.80. The molecule has 0 aliphatic carbocycles. The Kier molecular flexibility index (Phi) is 7.71. The van der Waals surface area contributed by atoms with E-state index in [-0.39, 0.29) is 17.6 Å². The maximum absolute atomic E-state index is 13.2. The van der Waals surface area contributed by atoms with Crippen molar-refractivity contribution in [3.8, 4) is 0 Å². The van der Waals surface area contributed by atoms with Crippen LogP contribution < -0.4 is 10.6 Å². The molecule has 2 saturated heterocycles. The van der Waals surface area contributed by atoms with Crippen LogP contribution in [0.4, 0.5) is 5.69 Å². The number of carbonyl (C=O) groups is 1. The predicted molar refractivity (Wildman–Crippen MR) is 126 cm³/mol. The van der Waals surface area contributed by atoms with E-state index in [1.54, 1.807) is 7.11 Å². The molecular formula is C23H36N4O2S. The fourth-order valence-corrected chi connectivity index (χ4v) is 4.84. The van der Waals surface area contributed by atoms with Gasteiger partial charge in [-0.05, 0) is 49.2 Å². The van der Waals surface area contributed by atoms with Crippen LogP contribution in [-0.2, 0) is 9.53 Å². The number of benzene rings is 1. The van der Waals surface area contributed by atoms with E-state index in [1.807, 2.05) is 12.1 Å². The molecule has 6 nitrogen and oxygen atoms in total. The number of hydrogen-bond acceptors (Lipinski definition) is 4. The van der Waals surface area contributed by atoms with Crippen LogP contribution in [0.1, 0.15) is 45.1 Å². The smallest absolute Gasteiger partial charge is 0.241 e. The predicted octanol–water partition coefficient (Wildman–Crippen LogP) is 3.37. The number of likely N-dealkylation sites (tertiary alicyclic amines) is 1. The Morgan fingerprint density at radius 1 is 1.40 bits per heavy atom. The van der Waals surface area contributed by atoms with Gasteiger partial charge in [0.05, 0.1) is 11.7 Å². The molecule has 2 aliphatic rings. The number of carbonyl (C=O) groups excluding carboxylic acids is 1. The van der Waals surface area contributed by atoms with E-state index in [0.717, 1.165) is 56.1 Å². The third-order valence-electron chi connectivity index (χ3n) is 6.56. The highest BCUT2D eigenvalue weighted by atomic mass is 32.1. The Bertz CT molecular complexity index is 748. The van der Waals surface area contributed by atoms with Gasteiger partial charge in [0.15, 0.2) is 5.11 Å². The van der Waals surface area contributed by atoms with Crippen LogP contribution >= 0.6 is 12.2 Å². The van der Waals surface area contributed by atoms with E-state index in [9.17, 15) is 4.79 Å². The van der Waals surface area contributed by atoms with Gasteiger partial charge in [0.1, 0.15) is 0 Å². The minimum atomic E-state index is -0.269. The van der Waals surface area contributed by atoms with Gasteiger partial charge >= 0.3 is 0 Å². The summed E-state index contributed by atoms with van der Waals surface area (Å²) in [6, 6.07) is 8.15. The molecule has 0 saturated carbocycles. The summed E-state index contributed by atoms with van der Waals surface area (Å²) >= 11 is 5.68. The zero-order chi connectivity index (χ0) is 21.7. The van der Waals surface area contributed by atoms with Crippen LogP contribution in [0.2, 0.25) is 0 Å². The van der Waals surface area contributed by atoms with Gasteiger partial charge in [-0.1, -0.05) is 32.4 Å². The van der Waals surface area contributed by atoms with Gasteiger partial charge in [0.25, 0.3) is 0 Å². The Balaban J connectivity index is 1.66. The molecule has 0 unspecified atom stereocenters. The van der Waals surface area contributed by atoms with Crippen LogP contribution in [0, 0.1) is 12.8 Å². The van der Waals surface area contributed by atoms with Gasteiger partial charge < -0.3 is 19.9 Å². The summed E-state index contributed by atoms with van der Waals surface area (Å²) in [5.41, 5.74) is 1.96. The maximum atomic E-state index is 13.2. The van der Waals surface area contributed by atoms with Gasteiger partial charge in [-0.15, -0.1) is 0 Å². The van der Waals surface area contributed by atoms with Crippen molar-refractivity contribution >= 4 is 28.9 Å². The molecule has 1 amide bonds. The van der Waals surface area contributed by atoms with Crippen molar-refractivity contribution in [2.45, 2.75) is 58.2 Å². The fourth-order valence-electron chi connectivity index (χ4n) is 4.54. The third kappa shape index (κ3) is 4.95. The number of nitrogens with zero attached hydrogens (tertiary/aromatic N) is 2. The molecule has 0 bridgehead atoms. The second-order valence-electron chi connectivity index (χ2n) is 8.66. The normalized spacial score (nSPS) is 21.9. The average Bonchev–Trinajstić information content (AvgIpc) is 3.00. The Labute approximate surface area is 186 Å². The van der Waals surface area contributed by atoms with Gasteiger partial charge in [-0.2, -0.15) is 0 Å². The molecule has 2 fully saturated rings. The standard InChI is InChI=1S/C23H36N4O2S/c1-5-18(3)20-21(28)27(12-7-15-29-4)23(25-20)10-13-26(14-11-23)22(30)24-19-9-6-8-17(2)16-19/h6,8-9,16,18,20,25H,5,7,10-15H2,1-4H3,(H,24,30)/t18-,20-/m1/s1. The number of nitrogens with one attached hydrogen (secondary N) is 2.